The van der Waals surface area contributed by atoms with Crippen LogP contribution in [0.5, 0.6) is 0 Å². The molecule has 4 N–H and O–H groups in total. The standard InChI is InChI=1S/C14H19BrFN5O3Si/c1-25(2,23)7-3-6-17-13-12(20-24-21-13)14(19-22)18-9-4-5-11(16)10(15)8-9/h4-5,8,22-23H,3,6-7H2,1-2H3,(H,17,21)(H,18,19). The van der Waals surface area contributed by atoms with Crippen molar-refractivity contribution in [1.82, 2.24) is 15.8 Å². The summed E-state index contributed by atoms with van der Waals surface area (Å²) in [6.45, 7) is 4.30. The van der Waals surface area contributed by atoms with Gasteiger partial charge in [-0.1, -0.05) is 0 Å². The topological polar surface area (TPSA) is 116 Å². The highest BCUT2D eigenvalue weighted by Crippen LogP contribution is 2.23. The molecule has 0 amide bonds. The number of nitrogens with one attached hydrogen (secondary N) is 2. The highest BCUT2D eigenvalue weighted by Gasteiger charge is 2.18. The van der Waals surface area contributed by atoms with Crippen LogP contribution in [-0.4, -0.2) is 41.0 Å². The number of hydrogen-bond acceptors (Lipinski definition) is 7. The highest BCUT2D eigenvalue weighted by atomic mass is 79.9. The molecule has 0 spiro atoms. The van der Waals surface area contributed by atoms with E-state index >= 15 is 0 Å². The number of amidine groups is 1. The quantitative estimate of drug-likeness (QED) is 0.175. The van der Waals surface area contributed by atoms with Crippen molar-refractivity contribution in [1.29, 1.82) is 0 Å². The Morgan fingerprint density at radius 3 is 2.80 bits per heavy atom. The minimum atomic E-state index is -2.09. The van der Waals surface area contributed by atoms with Crippen molar-refractivity contribution in [3.8, 4) is 0 Å². The van der Waals surface area contributed by atoms with Gasteiger partial charge in [-0.2, -0.15) is 0 Å². The van der Waals surface area contributed by atoms with Gasteiger partial charge in [-0.25, -0.2) is 14.0 Å². The molecule has 0 fully saturated rings. The van der Waals surface area contributed by atoms with Gasteiger partial charge in [0.05, 0.1) is 10.2 Å². The van der Waals surface area contributed by atoms with Crippen molar-refractivity contribution in [2.45, 2.75) is 25.6 Å². The van der Waals surface area contributed by atoms with Crippen molar-refractivity contribution in [3.05, 3.63) is 34.2 Å². The predicted molar refractivity (Wildman–Crippen MR) is 97.1 cm³/mol. The van der Waals surface area contributed by atoms with Gasteiger partial charge in [0.25, 0.3) is 0 Å². The van der Waals surface area contributed by atoms with Crippen LogP contribution < -0.4 is 10.8 Å². The van der Waals surface area contributed by atoms with E-state index < -0.39 is 14.1 Å². The molecule has 0 aliphatic rings. The minimum absolute atomic E-state index is 0.000814. The molecule has 0 aliphatic carbocycles. The summed E-state index contributed by atoms with van der Waals surface area (Å²) in [4.78, 5) is 14.0. The summed E-state index contributed by atoms with van der Waals surface area (Å²) in [5.74, 6) is -0.115. The molecule has 0 aliphatic heterocycles. The SMILES string of the molecule is C[Si](C)(O)CCCNc1nonc1C(=Nc1ccc(F)c(Br)c1)NO. The summed E-state index contributed by atoms with van der Waals surface area (Å²) in [5, 5.41) is 19.8. The van der Waals surface area contributed by atoms with Crippen LogP contribution in [-0.2, 0) is 0 Å². The Kier molecular flexibility index (Phi) is 6.64. The van der Waals surface area contributed by atoms with Crippen LogP contribution in [0.15, 0.2) is 32.3 Å². The van der Waals surface area contributed by atoms with E-state index in [0.29, 0.717) is 18.1 Å². The summed E-state index contributed by atoms with van der Waals surface area (Å²) < 4.78 is 18.2. The van der Waals surface area contributed by atoms with Gasteiger partial charge in [0, 0.05) is 6.54 Å². The largest absolute Gasteiger partial charge is 0.432 e. The zero-order chi connectivity index (χ0) is 18.4. The number of hydroxylamine groups is 1. The number of aliphatic imine (C=N–C) groups is 1. The van der Waals surface area contributed by atoms with Crippen molar-refractivity contribution >= 4 is 41.6 Å². The second-order valence-electron chi connectivity index (χ2n) is 5.97. The van der Waals surface area contributed by atoms with Crippen LogP contribution in [0.25, 0.3) is 0 Å². The van der Waals surface area contributed by atoms with E-state index in [0.717, 1.165) is 12.5 Å². The monoisotopic (exact) mass is 431 g/mol. The van der Waals surface area contributed by atoms with Crippen LogP contribution in [0.3, 0.4) is 0 Å². The molecule has 0 bridgehead atoms. The van der Waals surface area contributed by atoms with Crippen LogP contribution in [0.4, 0.5) is 15.9 Å². The molecule has 1 heterocycles. The Morgan fingerprint density at radius 2 is 2.16 bits per heavy atom. The molecule has 0 unspecified atom stereocenters. The number of aromatic nitrogens is 2. The van der Waals surface area contributed by atoms with Crippen LogP contribution in [0, 0.1) is 5.82 Å². The Balaban J connectivity index is 2.12. The molecule has 0 radical (unpaired) electrons. The molecule has 11 heteroatoms. The molecule has 136 valence electrons. The molecule has 8 nitrogen and oxygen atoms in total. The van der Waals surface area contributed by atoms with E-state index in [4.69, 9.17) is 4.63 Å². The molecular weight excluding hydrogens is 413 g/mol. The van der Waals surface area contributed by atoms with E-state index in [1.807, 2.05) is 18.6 Å². The zero-order valence-corrected chi connectivity index (χ0v) is 16.3. The maximum Gasteiger partial charge on any atom is 0.202 e. The first-order chi connectivity index (χ1) is 11.8. The number of benzene rings is 1. The third-order valence-electron chi connectivity index (χ3n) is 3.22. The average Bonchev–Trinajstić information content (AvgIpc) is 3.00. The average molecular weight is 432 g/mol. The highest BCUT2D eigenvalue weighted by molar-refractivity contribution is 9.10. The molecule has 1 aromatic heterocycles. The van der Waals surface area contributed by atoms with Gasteiger partial charge in [0.2, 0.25) is 5.82 Å². The summed E-state index contributed by atoms with van der Waals surface area (Å²) in [6, 6.07) is 4.90. The molecule has 2 aromatic rings. The third-order valence-corrected chi connectivity index (χ3v) is 5.41. The lowest BCUT2D eigenvalue weighted by Gasteiger charge is -2.13. The minimum Gasteiger partial charge on any atom is -0.432 e. The maximum atomic E-state index is 13.3. The van der Waals surface area contributed by atoms with Crippen LogP contribution in [0.1, 0.15) is 12.1 Å². The lowest BCUT2D eigenvalue weighted by atomic mass is 10.3. The predicted octanol–water partition coefficient (Wildman–Crippen LogP) is 3.03. The second kappa shape index (κ2) is 8.51. The normalized spacial score (nSPS) is 12.3. The fourth-order valence-corrected chi connectivity index (χ4v) is 3.41. The van der Waals surface area contributed by atoms with Gasteiger partial charge in [0.15, 0.2) is 19.8 Å². The Morgan fingerprint density at radius 1 is 1.40 bits per heavy atom. The fraction of sp³-hybridized carbons (Fsp3) is 0.357. The lowest BCUT2D eigenvalue weighted by molar-refractivity contribution is 0.234. The number of anilines is 1. The Hall–Kier alpha value is -1.82. The number of nitrogens with zero attached hydrogens (tertiary/aromatic N) is 3. The van der Waals surface area contributed by atoms with Crippen LogP contribution >= 0.6 is 15.9 Å². The third kappa shape index (κ3) is 5.88. The van der Waals surface area contributed by atoms with Crippen molar-refractivity contribution in [3.63, 3.8) is 0 Å². The number of halogens is 2. The smallest absolute Gasteiger partial charge is 0.202 e. The fourth-order valence-electron chi connectivity index (χ4n) is 2.00. The molecule has 1 aromatic carbocycles. The molecular formula is C14H19BrFN5O3Si. The first-order valence-electron chi connectivity index (χ1n) is 7.53. The summed E-state index contributed by atoms with van der Waals surface area (Å²) in [6.07, 6.45) is 0.756. The number of rotatable bonds is 7. The van der Waals surface area contributed by atoms with E-state index in [2.05, 4.69) is 36.6 Å². The van der Waals surface area contributed by atoms with E-state index in [1.165, 1.54) is 18.2 Å². The second-order valence-corrected chi connectivity index (χ2v) is 11.0. The lowest BCUT2D eigenvalue weighted by Crippen LogP contribution is -2.25. The molecule has 0 saturated heterocycles. The van der Waals surface area contributed by atoms with E-state index in [-0.39, 0.29) is 16.0 Å². The number of hydrogen-bond donors (Lipinski definition) is 4. The van der Waals surface area contributed by atoms with E-state index in [1.54, 1.807) is 0 Å². The summed E-state index contributed by atoms with van der Waals surface area (Å²) in [5.41, 5.74) is 2.53. The van der Waals surface area contributed by atoms with Gasteiger partial charge in [-0.3, -0.25) is 10.7 Å². The van der Waals surface area contributed by atoms with E-state index in [9.17, 15) is 14.4 Å². The molecule has 2 rings (SSSR count). The van der Waals surface area contributed by atoms with Gasteiger partial charge in [-0.15, -0.1) is 0 Å². The molecule has 25 heavy (non-hydrogen) atoms. The first-order valence-corrected chi connectivity index (χ1v) is 11.5. The molecule has 0 saturated carbocycles. The van der Waals surface area contributed by atoms with Gasteiger partial charge < -0.3 is 10.1 Å². The first kappa shape index (κ1) is 19.5. The Bertz CT molecular complexity index is 750. The summed E-state index contributed by atoms with van der Waals surface area (Å²) >= 11 is 3.08. The van der Waals surface area contributed by atoms with Crippen molar-refractivity contribution in [2.24, 2.45) is 4.99 Å². The zero-order valence-electron chi connectivity index (χ0n) is 13.8. The van der Waals surface area contributed by atoms with Crippen molar-refractivity contribution < 1.29 is 19.0 Å². The van der Waals surface area contributed by atoms with Gasteiger partial charge in [-0.05, 0) is 70.0 Å². The van der Waals surface area contributed by atoms with Crippen molar-refractivity contribution in [2.75, 3.05) is 11.9 Å². The molecule has 0 atom stereocenters. The van der Waals surface area contributed by atoms with Crippen LogP contribution in [0.2, 0.25) is 19.1 Å². The summed E-state index contributed by atoms with van der Waals surface area (Å²) in [7, 11) is -2.09. The maximum absolute atomic E-state index is 13.3. The van der Waals surface area contributed by atoms with Gasteiger partial charge >= 0.3 is 0 Å². The van der Waals surface area contributed by atoms with Gasteiger partial charge in [0.1, 0.15) is 5.82 Å². The Labute approximate surface area is 153 Å².